The summed E-state index contributed by atoms with van der Waals surface area (Å²) in [6.45, 7) is 0.775. The summed E-state index contributed by atoms with van der Waals surface area (Å²) in [7, 11) is 1.91. The zero-order chi connectivity index (χ0) is 12.8. The van der Waals surface area contributed by atoms with Gasteiger partial charge < -0.3 is 4.90 Å². The molecule has 0 fully saturated rings. The molecular formula is C13H13N5. The molecule has 0 saturated carbocycles. The lowest BCUT2D eigenvalue weighted by Gasteiger charge is -2.18. The van der Waals surface area contributed by atoms with Gasteiger partial charge in [0, 0.05) is 26.0 Å². The lowest BCUT2D eigenvalue weighted by molar-refractivity contribution is 0.836. The molecule has 0 aromatic carbocycles. The normalized spacial score (nSPS) is 9.78. The van der Waals surface area contributed by atoms with E-state index in [9.17, 15) is 0 Å². The zero-order valence-corrected chi connectivity index (χ0v) is 10.1. The average Bonchev–Trinajstić information content (AvgIpc) is 2.45. The van der Waals surface area contributed by atoms with Gasteiger partial charge in [-0.05, 0) is 30.2 Å². The number of nitrogens with zero attached hydrogens (tertiary/aromatic N) is 5. The first kappa shape index (κ1) is 12.0. The number of hydrogen-bond donors (Lipinski definition) is 0. The fraction of sp³-hybridized carbons (Fsp3) is 0.231. The SMILES string of the molecule is CN(CCc1ccncc1)c1nnccc1C#N. The summed E-state index contributed by atoms with van der Waals surface area (Å²) < 4.78 is 0. The standard InChI is InChI=1S/C13H13N5/c1-18(9-5-11-2-6-15-7-3-11)13-12(10-14)4-8-16-17-13/h2-4,6-8H,5,9H2,1H3. The summed E-state index contributed by atoms with van der Waals surface area (Å²) in [6.07, 6.45) is 5.95. The van der Waals surface area contributed by atoms with Crippen molar-refractivity contribution >= 4 is 5.82 Å². The van der Waals surface area contributed by atoms with Gasteiger partial charge in [0.1, 0.15) is 6.07 Å². The van der Waals surface area contributed by atoms with Gasteiger partial charge in [-0.2, -0.15) is 10.4 Å². The van der Waals surface area contributed by atoms with Crippen molar-refractivity contribution in [3.05, 3.63) is 47.9 Å². The quantitative estimate of drug-likeness (QED) is 0.807. The van der Waals surface area contributed by atoms with Gasteiger partial charge in [0.2, 0.25) is 0 Å². The lowest BCUT2D eigenvalue weighted by atomic mass is 10.2. The summed E-state index contributed by atoms with van der Waals surface area (Å²) in [5.41, 5.74) is 1.75. The molecule has 2 heterocycles. The molecule has 18 heavy (non-hydrogen) atoms. The van der Waals surface area contributed by atoms with Crippen LogP contribution in [0.1, 0.15) is 11.1 Å². The number of likely N-dealkylation sites (N-methyl/N-ethyl adjacent to an activating group) is 1. The van der Waals surface area contributed by atoms with Gasteiger partial charge in [-0.1, -0.05) is 0 Å². The Morgan fingerprint density at radius 1 is 1.22 bits per heavy atom. The van der Waals surface area contributed by atoms with Gasteiger partial charge in [-0.15, -0.1) is 5.10 Å². The smallest absolute Gasteiger partial charge is 0.168 e. The van der Waals surface area contributed by atoms with Gasteiger partial charge >= 0.3 is 0 Å². The molecule has 5 heteroatoms. The Morgan fingerprint density at radius 2 is 2.00 bits per heavy atom. The molecule has 0 N–H and O–H groups in total. The Bertz CT molecular complexity index is 547. The first-order valence-corrected chi connectivity index (χ1v) is 5.63. The second-order valence-electron chi connectivity index (χ2n) is 3.91. The van der Waals surface area contributed by atoms with Crippen molar-refractivity contribution in [2.75, 3.05) is 18.5 Å². The van der Waals surface area contributed by atoms with Crippen molar-refractivity contribution in [2.24, 2.45) is 0 Å². The Morgan fingerprint density at radius 3 is 2.72 bits per heavy atom. The lowest BCUT2D eigenvalue weighted by Crippen LogP contribution is -2.22. The molecule has 0 spiro atoms. The highest BCUT2D eigenvalue weighted by Gasteiger charge is 2.08. The number of anilines is 1. The third-order valence-electron chi connectivity index (χ3n) is 2.67. The van der Waals surface area contributed by atoms with E-state index in [1.54, 1.807) is 18.5 Å². The topological polar surface area (TPSA) is 65.7 Å². The minimum Gasteiger partial charge on any atom is -0.357 e. The average molecular weight is 239 g/mol. The van der Waals surface area contributed by atoms with E-state index in [1.165, 1.54) is 11.8 Å². The molecule has 0 atom stereocenters. The zero-order valence-electron chi connectivity index (χ0n) is 10.1. The second kappa shape index (κ2) is 5.73. The Kier molecular flexibility index (Phi) is 3.82. The number of rotatable bonds is 4. The Hall–Kier alpha value is -2.48. The van der Waals surface area contributed by atoms with Crippen molar-refractivity contribution in [1.29, 1.82) is 5.26 Å². The Balaban J connectivity index is 2.04. The van der Waals surface area contributed by atoms with Crippen LogP contribution in [-0.2, 0) is 6.42 Å². The summed E-state index contributed by atoms with van der Waals surface area (Å²) in [4.78, 5) is 5.92. The van der Waals surface area contributed by atoms with Crippen LogP contribution in [0.25, 0.3) is 0 Å². The molecule has 0 bridgehead atoms. The summed E-state index contributed by atoms with van der Waals surface area (Å²) >= 11 is 0. The second-order valence-corrected chi connectivity index (χ2v) is 3.91. The summed E-state index contributed by atoms with van der Waals surface area (Å²) in [6, 6.07) is 7.76. The van der Waals surface area contributed by atoms with Gasteiger partial charge in [0.05, 0.1) is 11.8 Å². The highest BCUT2D eigenvalue weighted by atomic mass is 15.2. The van der Waals surface area contributed by atoms with Crippen LogP contribution < -0.4 is 4.90 Å². The van der Waals surface area contributed by atoms with E-state index in [2.05, 4.69) is 21.3 Å². The maximum Gasteiger partial charge on any atom is 0.168 e. The highest BCUT2D eigenvalue weighted by Crippen LogP contribution is 2.13. The van der Waals surface area contributed by atoms with E-state index in [0.717, 1.165) is 13.0 Å². The largest absolute Gasteiger partial charge is 0.357 e. The molecule has 0 aliphatic rings. The van der Waals surface area contributed by atoms with Crippen LogP contribution in [0.5, 0.6) is 0 Å². The van der Waals surface area contributed by atoms with Crippen LogP contribution in [-0.4, -0.2) is 28.8 Å². The molecular weight excluding hydrogens is 226 g/mol. The van der Waals surface area contributed by atoms with E-state index >= 15 is 0 Å². The summed E-state index contributed by atoms with van der Waals surface area (Å²) in [5.74, 6) is 0.619. The molecule has 2 rings (SSSR count). The molecule has 90 valence electrons. The minimum atomic E-state index is 0.544. The van der Waals surface area contributed by atoms with Gasteiger partial charge in [-0.3, -0.25) is 4.98 Å². The molecule has 2 aromatic rings. The fourth-order valence-electron chi connectivity index (χ4n) is 1.65. The van der Waals surface area contributed by atoms with Crippen molar-refractivity contribution in [3.8, 4) is 6.07 Å². The van der Waals surface area contributed by atoms with Gasteiger partial charge in [0.15, 0.2) is 5.82 Å². The van der Waals surface area contributed by atoms with E-state index in [4.69, 9.17) is 5.26 Å². The van der Waals surface area contributed by atoms with Gasteiger partial charge in [0.25, 0.3) is 0 Å². The number of nitriles is 1. The maximum atomic E-state index is 9.00. The number of aromatic nitrogens is 3. The monoisotopic (exact) mass is 239 g/mol. The molecule has 5 nitrogen and oxygen atoms in total. The minimum absolute atomic E-state index is 0.544. The van der Waals surface area contributed by atoms with E-state index in [0.29, 0.717) is 11.4 Å². The first-order chi connectivity index (χ1) is 8.81. The predicted molar refractivity (Wildman–Crippen MR) is 68.0 cm³/mol. The molecule has 0 aliphatic heterocycles. The third kappa shape index (κ3) is 2.80. The first-order valence-electron chi connectivity index (χ1n) is 5.63. The van der Waals surface area contributed by atoms with Crippen molar-refractivity contribution < 1.29 is 0 Å². The molecule has 2 aromatic heterocycles. The van der Waals surface area contributed by atoms with Crippen LogP contribution >= 0.6 is 0 Å². The molecule has 0 aliphatic carbocycles. The fourth-order valence-corrected chi connectivity index (χ4v) is 1.65. The Labute approximate surface area is 106 Å². The number of hydrogen-bond acceptors (Lipinski definition) is 5. The van der Waals surface area contributed by atoms with Crippen LogP contribution in [0.15, 0.2) is 36.8 Å². The van der Waals surface area contributed by atoms with Gasteiger partial charge in [-0.25, -0.2) is 0 Å². The molecule has 0 saturated heterocycles. The van der Waals surface area contributed by atoms with Crippen molar-refractivity contribution in [3.63, 3.8) is 0 Å². The molecule has 0 amide bonds. The van der Waals surface area contributed by atoms with E-state index < -0.39 is 0 Å². The van der Waals surface area contributed by atoms with Crippen molar-refractivity contribution in [1.82, 2.24) is 15.2 Å². The van der Waals surface area contributed by atoms with E-state index in [-0.39, 0.29) is 0 Å². The third-order valence-corrected chi connectivity index (χ3v) is 2.67. The predicted octanol–water partition coefficient (Wildman–Crippen LogP) is 1.42. The maximum absolute atomic E-state index is 9.00. The highest BCUT2D eigenvalue weighted by molar-refractivity contribution is 5.51. The number of pyridine rings is 1. The summed E-state index contributed by atoms with van der Waals surface area (Å²) in [5, 5.41) is 16.8. The van der Waals surface area contributed by atoms with Crippen molar-refractivity contribution in [2.45, 2.75) is 6.42 Å². The van der Waals surface area contributed by atoms with Crippen LogP contribution in [0.4, 0.5) is 5.82 Å². The van der Waals surface area contributed by atoms with Crippen LogP contribution in [0.3, 0.4) is 0 Å². The van der Waals surface area contributed by atoms with E-state index in [1.807, 2.05) is 24.1 Å². The molecule has 0 unspecified atom stereocenters. The molecule has 0 radical (unpaired) electrons. The van der Waals surface area contributed by atoms with Crippen LogP contribution in [0.2, 0.25) is 0 Å². The van der Waals surface area contributed by atoms with Crippen LogP contribution in [0, 0.1) is 11.3 Å².